The Balaban J connectivity index is 1.93. The highest BCUT2D eigenvalue weighted by molar-refractivity contribution is 7.89. The van der Waals surface area contributed by atoms with Crippen LogP contribution in [0, 0.1) is 0 Å². The van der Waals surface area contributed by atoms with Crippen molar-refractivity contribution in [1.29, 1.82) is 0 Å². The van der Waals surface area contributed by atoms with Crippen molar-refractivity contribution < 1.29 is 13.2 Å². The molecule has 0 radical (unpaired) electrons. The lowest BCUT2D eigenvalue weighted by molar-refractivity contribution is 0.298. The Kier molecular flexibility index (Phi) is 5.61. The number of para-hydroxylation sites is 1. The smallest absolute Gasteiger partial charge is 0.244 e. The summed E-state index contributed by atoms with van der Waals surface area (Å²) >= 11 is 0. The van der Waals surface area contributed by atoms with Crippen LogP contribution in [0.1, 0.15) is 33.1 Å². The fourth-order valence-corrected chi connectivity index (χ4v) is 3.37. The van der Waals surface area contributed by atoms with Crippen LogP contribution >= 0.6 is 0 Å². The van der Waals surface area contributed by atoms with Crippen LogP contribution in [0.4, 0.5) is 0 Å². The predicted molar refractivity (Wildman–Crippen MR) is 83.0 cm³/mol. The van der Waals surface area contributed by atoms with E-state index in [1.54, 1.807) is 24.3 Å². The average Bonchev–Trinajstić information content (AvgIpc) is 3.21. The zero-order chi connectivity index (χ0) is 15.3. The second kappa shape index (κ2) is 7.24. The standard InChI is InChI=1S/C15H24N2O3S/c1-12(2)16-10-5-11-20-14-6-3-4-7-15(14)21(18,19)17-13-8-9-13/h3-4,6-7,12-13,16-17H,5,8-11H2,1-2H3. The molecule has 0 aromatic heterocycles. The molecule has 1 saturated carbocycles. The van der Waals surface area contributed by atoms with E-state index in [1.165, 1.54) is 0 Å². The summed E-state index contributed by atoms with van der Waals surface area (Å²) in [6.07, 6.45) is 2.68. The van der Waals surface area contributed by atoms with E-state index in [1.807, 2.05) is 0 Å². The minimum Gasteiger partial charge on any atom is -0.492 e. The molecule has 0 aliphatic heterocycles. The lowest BCUT2D eigenvalue weighted by atomic mass is 10.3. The molecular weight excluding hydrogens is 288 g/mol. The summed E-state index contributed by atoms with van der Waals surface area (Å²) in [7, 11) is -3.47. The van der Waals surface area contributed by atoms with Gasteiger partial charge in [-0.3, -0.25) is 0 Å². The van der Waals surface area contributed by atoms with Crippen molar-refractivity contribution in [3.05, 3.63) is 24.3 Å². The topological polar surface area (TPSA) is 67.4 Å². The maximum absolute atomic E-state index is 12.3. The van der Waals surface area contributed by atoms with Gasteiger partial charge >= 0.3 is 0 Å². The van der Waals surface area contributed by atoms with E-state index in [4.69, 9.17) is 4.74 Å². The molecule has 1 aliphatic rings. The summed E-state index contributed by atoms with van der Waals surface area (Å²) in [6, 6.07) is 7.34. The maximum Gasteiger partial charge on any atom is 0.244 e. The Morgan fingerprint density at radius 3 is 2.67 bits per heavy atom. The molecule has 118 valence electrons. The number of rotatable bonds is 9. The SMILES string of the molecule is CC(C)NCCCOc1ccccc1S(=O)(=O)NC1CC1. The Bertz CT molecular complexity index is 554. The van der Waals surface area contributed by atoms with Crippen LogP contribution in [0.15, 0.2) is 29.2 Å². The van der Waals surface area contributed by atoms with Crippen LogP contribution in [-0.2, 0) is 10.0 Å². The fourth-order valence-electron chi connectivity index (χ4n) is 1.92. The van der Waals surface area contributed by atoms with Gasteiger partial charge in [0.1, 0.15) is 10.6 Å². The van der Waals surface area contributed by atoms with Gasteiger partial charge in [-0.15, -0.1) is 0 Å². The fraction of sp³-hybridized carbons (Fsp3) is 0.600. The third kappa shape index (κ3) is 5.30. The third-order valence-corrected chi connectivity index (χ3v) is 4.73. The van der Waals surface area contributed by atoms with Gasteiger partial charge in [-0.1, -0.05) is 26.0 Å². The van der Waals surface area contributed by atoms with Crippen molar-refractivity contribution in [2.24, 2.45) is 0 Å². The summed E-state index contributed by atoms with van der Waals surface area (Å²) in [5.41, 5.74) is 0. The van der Waals surface area contributed by atoms with E-state index in [2.05, 4.69) is 23.9 Å². The average molecular weight is 312 g/mol. The highest BCUT2D eigenvalue weighted by atomic mass is 32.2. The summed E-state index contributed by atoms with van der Waals surface area (Å²) in [5, 5.41) is 3.30. The van der Waals surface area contributed by atoms with Crippen LogP contribution in [0.25, 0.3) is 0 Å². The van der Waals surface area contributed by atoms with Gasteiger partial charge in [0.05, 0.1) is 6.61 Å². The zero-order valence-electron chi connectivity index (χ0n) is 12.6. The van der Waals surface area contributed by atoms with E-state index in [9.17, 15) is 8.42 Å². The highest BCUT2D eigenvalue weighted by Crippen LogP contribution is 2.27. The van der Waals surface area contributed by atoms with Gasteiger partial charge in [0.25, 0.3) is 0 Å². The summed E-state index contributed by atoms with van der Waals surface area (Å²) in [6.45, 7) is 5.53. The Hall–Kier alpha value is -1.11. The van der Waals surface area contributed by atoms with Gasteiger partial charge in [-0.05, 0) is 37.9 Å². The number of hydrogen-bond acceptors (Lipinski definition) is 4. The number of nitrogens with one attached hydrogen (secondary N) is 2. The zero-order valence-corrected chi connectivity index (χ0v) is 13.4. The van der Waals surface area contributed by atoms with Gasteiger partial charge in [0, 0.05) is 12.1 Å². The van der Waals surface area contributed by atoms with Crippen molar-refractivity contribution >= 4 is 10.0 Å². The molecule has 5 nitrogen and oxygen atoms in total. The largest absolute Gasteiger partial charge is 0.492 e. The Morgan fingerprint density at radius 1 is 1.29 bits per heavy atom. The molecule has 0 unspecified atom stereocenters. The van der Waals surface area contributed by atoms with Crippen LogP contribution in [0.5, 0.6) is 5.75 Å². The first-order valence-electron chi connectivity index (χ1n) is 7.46. The maximum atomic E-state index is 12.3. The first-order valence-corrected chi connectivity index (χ1v) is 8.95. The molecule has 2 N–H and O–H groups in total. The van der Waals surface area contributed by atoms with E-state index in [0.717, 1.165) is 25.8 Å². The van der Waals surface area contributed by atoms with Crippen molar-refractivity contribution in [1.82, 2.24) is 10.0 Å². The van der Waals surface area contributed by atoms with E-state index >= 15 is 0 Å². The molecule has 1 aliphatic carbocycles. The van der Waals surface area contributed by atoms with Crippen molar-refractivity contribution in [2.45, 2.75) is 50.1 Å². The third-order valence-electron chi connectivity index (χ3n) is 3.17. The number of ether oxygens (including phenoxy) is 1. The summed E-state index contributed by atoms with van der Waals surface area (Å²) in [4.78, 5) is 0.230. The van der Waals surface area contributed by atoms with Gasteiger partial charge in [-0.25, -0.2) is 13.1 Å². The van der Waals surface area contributed by atoms with Gasteiger partial charge < -0.3 is 10.1 Å². The first kappa shape index (κ1) is 16.3. The molecule has 0 amide bonds. The first-order chi connectivity index (χ1) is 9.99. The lowest BCUT2D eigenvalue weighted by Crippen LogP contribution is -2.26. The second-order valence-electron chi connectivity index (χ2n) is 5.65. The highest BCUT2D eigenvalue weighted by Gasteiger charge is 2.29. The molecule has 0 spiro atoms. The molecule has 1 fully saturated rings. The Labute approximate surface area is 127 Å². The number of sulfonamides is 1. The molecule has 0 bridgehead atoms. The quantitative estimate of drug-likeness (QED) is 0.683. The van der Waals surface area contributed by atoms with Gasteiger partial charge in [-0.2, -0.15) is 0 Å². The minimum atomic E-state index is -3.47. The van der Waals surface area contributed by atoms with Crippen LogP contribution < -0.4 is 14.8 Å². The van der Waals surface area contributed by atoms with Gasteiger partial charge in [0.2, 0.25) is 10.0 Å². The minimum absolute atomic E-state index is 0.0956. The lowest BCUT2D eigenvalue weighted by Gasteiger charge is -2.13. The molecule has 21 heavy (non-hydrogen) atoms. The van der Waals surface area contributed by atoms with Crippen molar-refractivity contribution in [2.75, 3.05) is 13.2 Å². The van der Waals surface area contributed by atoms with E-state index in [-0.39, 0.29) is 10.9 Å². The molecule has 0 atom stereocenters. The second-order valence-corrected chi connectivity index (χ2v) is 7.34. The van der Waals surface area contributed by atoms with Gasteiger partial charge in [0.15, 0.2) is 0 Å². The summed E-state index contributed by atoms with van der Waals surface area (Å²) in [5.74, 6) is 0.426. The van der Waals surface area contributed by atoms with Crippen molar-refractivity contribution in [3.63, 3.8) is 0 Å². The van der Waals surface area contributed by atoms with E-state index in [0.29, 0.717) is 18.4 Å². The molecule has 2 rings (SSSR count). The van der Waals surface area contributed by atoms with Crippen LogP contribution in [0.3, 0.4) is 0 Å². The summed E-state index contributed by atoms with van der Waals surface area (Å²) < 4.78 is 32.9. The van der Waals surface area contributed by atoms with Crippen molar-refractivity contribution in [3.8, 4) is 5.75 Å². The number of hydrogen-bond donors (Lipinski definition) is 2. The van der Waals surface area contributed by atoms with Crippen LogP contribution in [-0.4, -0.2) is 33.7 Å². The molecular formula is C15H24N2O3S. The Morgan fingerprint density at radius 2 is 2.00 bits per heavy atom. The van der Waals surface area contributed by atoms with Crippen LogP contribution in [0.2, 0.25) is 0 Å². The predicted octanol–water partition coefficient (Wildman–Crippen LogP) is 1.89. The molecule has 0 heterocycles. The molecule has 1 aromatic carbocycles. The molecule has 6 heteroatoms. The number of benzene rings is 1. The monoisotopic (exact) mass is 312 g/mol. The molecule has 0 saturated heterocycles. The normalized spacial score (nSPS) is 15.4. The molecule has 1 aromatic rings. The van der Waals surface area contributed by atoms with E-state index < -0.39 is 10.0 Å².